The van der Waals surface area contributed by atoms with Crippen molar-refractivity contribution in [2.24, 2.45) is 5.92 Å². The van der Waals surface area contributed by atoms with Gasteiger partial charge in [-0.05, 0) is 31.5 Å². The van der Waals surface area contributed by atoms with E-state index in [0.29, 0.717) is 12.8 Å². The SMILES string of the molecule is O=C(O)C1CCN(Cc2conc2Cc2ccccc2)CC1. The summed E-state index contributed by atoms with van der Waals surface area (Å²) < 4.78 is 5.15. The molecule has 5 heteroatoms. The molecule has 0 bridgehead atoms. The minimum Gasteiger partial charge on any atom is -0.481 e. The molecule has 0 aliphatic carbocycles. The molecule has 0 atom stereocenters. The predicted octanol–water partition coefficient (Wildman–Crippen LogP) is 2.56. The van der Waals surface area contributed by atoms with Crippen molar-refractivity contribution in [1.82, 2.24) is 10.1 Å². The Morgan fingerprint density at radius 3 is 2.68 bits per heavy atom. The van der Waals surface area contributed by atoms with E-state index < -0.39 is 5.97 Å². The number of hydrogen-bond donors (Lipinski definition) is 1. The van der Waals surface area contributed by atoms with Crippen molar-refractivity contribution in [3.05, 3.63) is 53.4 Å². The first kappa shape index (κ1) is 14.8. The fourth-order valence-corrected chi connectivity index (χ4v) is 2.92. The van der Waals surface area contributed by atoms with Crippen molar-refractivity contribution in [1.29, 1.82) is 0 Å². The van der Waals surface area contributed by atoms with Crippen LogP contribution < -0.4 is 0 Å². The molecule has 2 aromatic rings. The van der Waals surface area contributed by atoms with E-state index in [1.54, 1.807) is 6.26 Å². The summed E-state index contributed by atoms with van der Waals surface area (Å²) in [7, 11) is 0. The minimum absolute atomic E-state index is 0.192. The van der Waals surface area contributed by atoms with Gasteiger partial charge in [-0.25, -0.2) is 0 Å². The fraction of sp³-hybridized carbons (Fsp3) is 0.412. The molecular weight excluding hydrogens is 280 g/mol. The molecule has 1 N–H and O–H groups in total. The van der Waals surface area contributed by atoms with Gasteiger partial charge in [-0.3, -0.25) is 9.69 Å². The van der Waals surface area contributed by atoms with E-state index in [4.69, 9.17) is 9.63 Å². The predicted molar refractivity (Wildman–Crippen MR) is 81.4 cm³/mol. The molecule has 1 aromatic heterocycles. The Kier molecular flexibility index (Phi) is 4.53. The molecule has 2 heterocycles. The van der Waals surface area contributed by atoms with E-state index >= 15 is 0 Å². The summed E-state index contributed by atoms with van der Waals surface area (Å²) in [6, 6.07) is 10.2. The summed E-state index contributed by atoms with van der Waals surface area (Å²) in [6.07, 6.45) is 3.91. The lowest BCUT2D eigenvalue weighted by Crippen LogP contribution is -2.35. The first-order valence-corrected chi connectivity index (χ1v) is 7.63. The molecule has 116 valence electrons. The van der Waals surface area contributed by atoms with Gasteiger partial charge < -0.3 is 9.63 Å². The summed E-state index contributed by atoms with van der Waals surface area (Å²) in [6.45, 7) is 2.40. The average molecular weight is 300 g/mol. The topological polar surface area (TPSA) is 66.6 Å². The highest BCUT2D eigenvalue weighted by Gasteiger charge is 2.25. The van der Waals surface area contributed by atoms with Crippen molar-refractivity contribution >= 4 is 5.97 Å². The van der Waals surface area contributed by atoms with E-state index in [9.17, 15) is 4.79 Å². The molecule has 0 radical (unpaired) electrons. The lowest BCUT2D eigenvalue weighted by Gasteiger charge is -2.29. The smallest absolute Gasteiger partial charge is 0.306 e. The van der Waals surface area contributed by atoms with Crippen LogP contribution in [0.25, 0.3) is 0 Å². The van der Waals surface area contributed by atoms with E-state index in [1.165, 1.54) is 5.56 Å². The zero-order valence-electron chi connectivity index (χ0n) is 12.4. The van der Waals surface area contributed by atoms with Crippen molar-refractivity contribution < 1.29 is 14.4 Å². The molecule has 0 amide bonds. The second kappa shape index (κ2) is 6.75. The number of likely N-dealkylation sites (tertiary alicyclic amines) is 1. The van der Waals surface area contributed by atoms with Crippen molar-refractivity contribution in [3.8, 4) is 0 Å². The van der Waals surface area contributed by atoms with Crippen LogP contribution in [0, 0.1) is 5.92 Å². The molecule has 1 aliphatic heterocycles. The second-order valence-corrected chi connectivity index (χ2v) is 5.84. The zero-order valence-corrected chi connectivity index (χ0v) is 12.4. The third kappa shape index (κ3) is 3.54. The quantitative estimate of drug-likeness (QED) is 0.919. The molecule has 22 heavy (non-hydrogen) atoms. The number of benzene rings is 1. The maximum absolute atomic E-state index is 11.0. The Hall–Kier alpha value is -2.14. The van der Waals surface area contributed by atoms with Gasteiger partial charge in [0.25, 0.3) is 0 Å². The molecule has 1 saturated heterocycles. The largest absolute Gasteiger partial charge is 0.481 e. The van der Waals surface area contributed by atoms with Crippen LogP contribution in [0.1, 0.15) is 29.7 Å². The van der Waals surface area contributed by atoms with Crippen LogP contribution in [0.5, 0.6) is 0 Å². The van der Waals surface area contributed by atoms with Gasteiger partial charge in [0.15, 0.2) is 0 Å². The molecular formula is C17H20N2O3. The van der Waals surface area contributed by atoms with Gasteiger partial charge in [-0.1, -0.05) is 35.5 Å². The number of carboxylic acid groups (broad SMARTS) is 1. The molecule has 1 fully saturated rings. The Balaban J connectivity index is 1.60. The van der Waals surface area contributed by atoms with Crippen molar-refractivity contribution in [3.63, 3.8) is 0 Å². The van der Waals surface area contributed by atoms with Crippen LogP contribution in [0.3, 0.4) is 0 Å². The molecule has 0 saturated carbocycles. The van der Waals surface area contributed by atoms with Gasteiger partial charge in [-0.15, -0.1) is 0 Å². The van der Waals surface area contributed by atoms with Gasteiger partial charge >= 0.3 is 5.97 Å². The van der Waals surface area contributed by atoms with Gasteiger partial charge in [0, 0.05) is 18.5 Å². The lowest BCUT2D eigenvalue weighted by atomic mass is 9.96. The Labute approximate surface area is 129 Å². The molecule has 3 rings (SSSR count). The Morgan fingerprint density at radius 1 is 1.27 bits per heavy atom. The Morgan fingerprint density at radius 2 is 2.00 bits per heavy atom. The molecule has 1 aliphatic rings. The summed E-state index contributed by atoms with van der Waals surface area (Å²) in [5.74, 6) is -0.864. The van der Waals surface area contributed by atoms with Crippen LogP contribution in [-0.2, 0) is 17.8 Å². The minimum atomic E-state index is -0.672. The standard InChI is InChI=1S/C17H20N2O3/c20-17(21)14-6-8-19(9-7-14)11-15-12-22-18-16(15)10-13-4-2-1-3-5-13/h1-5,12,14H,6-11H2,(H,20,21). The summed E-state index contributed by atoms with van der Waals surface area (Å²) in [5, 5.41) is 13.2. The third-order valence-electron chi connectivity index (χ3n) is 4.27. The number of hydrogen-bond acceptors (Lipinski definition) is 4. The average Bonchev–Trinajstić information content (AvgIpc) is 2.96. The van der Waals surface area contributed by atoms with Crippen LogP contribution >= 0.6 is 0 Å². The van der Waals surface area contributed by atoms with Crippen molar-refractivity contribution in [2.45, 2.75) is 25.8 Å². The highest BCUT2D eigenvalue weighted by molar-refractivity contribution is 5.70. The number of piperidine rings is 1. The van der Waals surface area contributed by atoms with Gasteiger partial charge in [0.2, 0.25) is 0 Å². The molecule has 0 unspecified atom stereocenters. The van der Waals surface area contributed by atoms with E-state index in [-0.39, 0.29) is 5.92 Å². The first-order valence-electron chi connectivity index (χ1n) is 7.63. The molecule has 5 nitrogen and oxygen atoms in total. The van der Waals surface area contributed by atoms with Gasteiger partial charge in [-0.2, -0.15) is 0 Å². The summed E-state index contributed by atoms with van der Waals surface area (Å²) >= 11 is 0. The second-order valence-electron chi connectivity index (χ2n) is 5.84. The van der Waals surface area contributed by atoms with Gasteiger partial charge in [0.1, 0.15) is 6.26 Å². The molecule has 0 spiro atoms. The fourth-order valence-electron chi connectivity index (χ4n) is 2.92. The number of carbonyl (C=O) groups is 1. The molecule has 1 aromatic carbocycles. The van der Waals surface area contributed by atoms with Gasteiger partial charge in [0.05, 0.1) is 11.6 Å². The summed E-state index contributed by atoms with van der Waals surface area (Å²) in [5.41, 5.74) is 3.27. The highest BCUT2D eigenvalue weighted by Crippen LogP contribution is 2.21. The maximum Gasteiger partial charge on any atom is 0.306 e. The monoisotopic (exact) mass is 300 g/mol. The number of aromatic nitrogens is 1. The highest BCUT2D eigenvalue weighted by atomic mass is 16.5. The summed E-state index contributed by atoms with van der Waals surface area (Å²) in [4.78, 5) is 13.3. The van der Waals surface area contributed by atoms with E-state index in [2.05, 4.69) is 22.2 Å². The first-order chi connectivity index (χ1) is 10.7. The van der Waals surface area contributed by atoms with E-state index in [1.807, 2.05) is 18.2 Å². The van der Waals surface area contributed by atoms with Crippen LogP contribution in [0.2, 0.25) is 0 Å². The van der Waals surface area contributed by atoms with Crippen LogP contribution in [0.15, 0.2) is 41.1 Å². The zero-order chi connectivity index (χ0) is 15.4. The number of nitrogens with zero attached hydrogens (tertiary/aromatic N) is 2. The third-order valence-corrected chi connectivity index (χ3v) is 4.27. The van der Waals surface area contributed by atoms with E-state index in [0.717, 1.165) is 37.3 Å². The van der Waals surface area contributed by atoms with Crippen molar-refractivity contribution in [2.75, 3.05) is 13.1 Å². The maximum atomic E-state index is 11.0. The normalized spacial score (nSPS) is 16.7. The lowest BCUT2D eigenvalue weighted by molar-refractivity contribution is -0.143. The number of carboxylic acids is 1. The number of aliphatic carboxylic acids is 1. The van der Waals surface area contributed by atoms with Crippen LogP contribution in [0.4, 0.5) is 0 Å². The number of rotatable bonds is 5. The van der Waals surface area contributed by atoms with Crippen LogP contribution in [-0.4, -0.2) is 34.2 Å². The Bertz CT molecular complexity index is 616.